The minimum absolute atomic E-state index is 0.0453. The van der Waals surface area contributed by atoms with Crippen LogP contribution in [-0.4, -0.2) is 35.9 Å². The van der Waals surface area contributed by atoms with Crippen molar-refractivity contribution in [3.05, 3.63) is 0 Å². The molecule has 0 amide bonds. The highest BCUT2D eigenvalue weighted by molar-refractivity contribution is 7.53. The minimum atomic E-state index is -3.23. The maximum absolute atomic E-state index is 12.4. The van der Waals surface area contributed by atoms with Crippen LogP contribution in [0.25, 0.3) is 0 Å². The van der Waals surface area contributed by atoms with E-state index in [0.29, 0.717) is 0 Å². The third-order valence-corrected chi connectivity index (χ3v) is 4.30. The molecular weight excluding hydrogens is 243 g/mol. The van der Waals surface area contributed by atoms with Crippen molar-refractivity contribution in [2.45, 2.75) is 58.3 Å². The van der Waals surface area contributed by atoms with Crippen LogP contribution in [0.4, 0.5) is 0 Å². The summed E-state index contributed by atoms with van der Waals surface area (Å²) in [5.41, 5.74) is -0.504. The van der Waals surface area contributed by atoms with Crippen LogP contribution < -0.4 is 0 Å². The molecule has 0 radical (unpaired) electrons. The predicted octanol–water partition coefficient (Wildman–Crippen LogP) is 2.53. The highest BCUT2D eigenvalue weighted by Gasteiger charge is 2.45. The van der Waals surface area contributed by atoms with Crippen molar-refractivity contribution in [3.8, 4) is 0 Å². The zero-order valence-corrected chi connectivity index (χ0v) is 11.9. The second-order valence-corrected chi connectivity index (χ2v) is 6.94. The van der Waals surface area contributed by atoms with E-state index in [4.69, 9.17) is 18.9 Å². The van der Waals surface area contributed by atoms with E-state index in [0.717, 1.165) is 12.8 Å². The van der Waals surface area contributed by atoms with Crippen LogP contribution in [0.2, 0.25) is 0 Å². The quantitative estimate of drug-likeness (QED) is 0.684. The fraction of sp³-hybridized carbons (Fsp3) is 1.00. The first kappa shape index (κ1) is 15.1. The van der Waals surface area contributed by atoms with Gasteiger partial charge in [-0.05, 0) is 40.5 Å². The normalized spacial score (nSPS) is 19.0. The van der Waals surface area contributed by atoms with Crippen molar-refractivity contribution in [3.63, 3.8) is 0 Å². The zero-order chi connectivity index (χ0) is 13.1. The van der Waals surface area contributed by atoms with Crippen molar-refractivity contribution in [2.75, 3.05) is 13.0 Å². The van der Waals surface area contributed by atoms with Gasteiger partial charge in [0.1, 0.15) is 6.35 Å². The number of aliphatic hydroxyl groups is 1. The molecule has 1 saturated carbocycles. The van der Waals surface area contributed by atoms with E-state index in [1.165, 1.54) is 0 Å². The molecule has 102 valence electrons. The fourth-order valence-corrected chi connectivity index (χ4v) is 3.32. The van der Waals surface area contributed by atoms with Crippen molar-refractivity contribution in [1.82, 2.24) is 0 Å². The van der Waals surface area contributed by atoms with E-state index in [-0.39, 0.29) is 25.2 Å². The average Bonchev–Trinajstić information content (AvgIpc) is 2.93. The number of hydrogen-bond acceptors (Lipinski definition) is 5. The molecule has 1 aliphatic rings. The zero-order valence-electron chi connectivity index (χ0n) is 11.0. The molecule has 0 saturated heterocycles. The van der Waals surface area contributed by atoms with Gasteiger partial charge in [-0.25, -0.2) is 0 Å². The summed E-state index contributed by atoms with van der Waals surface area (Å²) in [6.07, 6.45) is 1.13. The van der Waals surface area contributed by atoms with E-state index >= 15 is 0 Å². The Hall–Kier alpha value is 0.0700. The molecule has 1 aliphatic carbocycles. The standard InChI is InChI=1S/C11H23O5P/c1-9(2)15-17(13,16-10(3)4)8-14-11(7-12)5-6-11/h9-10,12H,5-8H2,1-4H3. The van der Waals surface area contributed by atoms with Gasteiger partial charge in [0.05, 0.1) is 24.4 Å². The Bertz CT molecular complexity index is 272. The maximum Gasteiger partial charge on any atom is 0.356 e. The second-order valence-electron chi connectivity index (χ2n) is 5.03. The van der Waals surface area contributed by atoms with Crippen LogP contribution in [-0.2, 0) is 18.3 Å². The lowest BCUT2D eigenvalue weighted by Crippen LogP contribution is -2.22. The summed E-state index contributed by atoms with van der Waals surface area (Å²) < 4.78 is 28.6. The Morgan fingerprint density at radius 3 is 1.94 bits per heavy atom. The predicted molar refractivity (Wildman–Crippen MR) is 65.1 cm³/mol. The van der Waals surface area contributed by atoms with Crippen molar-refractivity contribution >= 4 is 7.60 Å². The molecule has 1 rings (SSSR count). The lowest BCUT2D eigenvalue weighted by atomic mass is 10.4. The third kappa shape index (κ3) is 5.06. The molecule has 0 atom stereocenters. The largest absolute Gasteiger partial charge is 0.393 e. The lowest BCUT2D eigenvalue weighted by molar-refractivity contribution is 0.00177. The van der Waals surface area contributed by atoms with Gasteiger partial charge < -0.3 is 18.9 Å². The first-order valence-electron chi connectivity index (χ1n) is 6.01. The third-order valence-electron chi connectivity index (χ3n) is 2.37. The summed E-state index contributed by atoms with van der Waals surface area (Å²) in [5.74, 6) is 0. The van der Waals surface area contributed by atoms with Crippen molar-refractivity contribution in [1.29, 1.82) is 0 Å². The van der Waals surface area contributed by atoms with Crippen LogP contribution in [0.3, 0.4) is 0 Å². The summed E-state index contributed by atoms with van der Waals surface area (Å²) in [7, 11) is -3.23. The van der Waals surface area contributed by atoms with E-state index in [2.05, 4.69) is 0 Å². The smallest absolute Gasteiger partial charge is 0.356 e. The van der Waals surface area contributed by atoms with Gasteiger partial charge in [-0.1, -0.05) is 0 Å². The SMILES string of the molecule is CC(C)OP(=O)(COC1(CO)CC1)OC(C)C. The Morgan fingerprint density at radius 1 is 1.18 bits per heavy atom. The molecule has 0 unspecified atom stereocenters. The van der Waals surface area contributed by atoms with Gasteiger partial charge in [0.2, 0.25) is 0 Å². The van der Waals surface area contributed by atoms with E-state index in [9.17, 15) is 4.57 Å². The topological polar surface area (TPSA) is 65.0 Å². The molecule has 0 aliphatic heterocycles. The Labute approximate surface area is 103 Å². The number of rotatable bonds is 8. The minimum Gasteiger partial charge on any atom is -0.393 e. The summed E-state index contributed by atoms with van der Waals surface area (Å²) >= 11 is 0. The first-order chi connectivity index (χ1) is 7.81. The molecule has 6 heteroatoms. The second kappa shape index (κ2) is 5.81. The maximum atomic E-state index is 12.4. The number of ether oxygens (including phenoxy) is 1. The molecule has 17 heavy (non-hydrogen) atoms. The van der Waals surface area contributed by atoms with Crippen LogP contribution in [0.5, 0.6) is 0 Å². The van der Waals surface area contributed by atoms with E-state index in [1.807, 2.05) is 0 Å². The molecule has 0 aromatic rings. The van der Waals surface area contributed by atoms with Gasteiger partial charge in [-0.15, -0.1) is 0 Å². The summed E-state index contributed by atoms with van der Waals surface area (Å²) in [6, 6.07) is 0. The van der Waals surface area contributed by atoms with E-state index in [1.54, 1.807) is 27.7 Å². The van der Waals surface area contributed by atoms with Crippen molar-refractivity contribution in [2.24, 2.45) is 0 Å². The Morgan fingerprint density at radius 2 is 1.65 bits per heavy atom. The molecule has 0 aromatic heterocycles. The molecule has 1 fully saturated rings. The molecule has 0 aromatic carbocycles. The Balaban J connectivity index is 2.54. The lowest BCUT2D eigenvalue weighted by Gasteiger charge is -2.24. The Kier molecular flexibility index (Phi) is 5.17. The summed E-state index contributed by atoms with van der Waals surface area (Å²) in [5, 5.41) is 9.12. The van der Waals surface area contributed by atoms with Gasteiger partial charge in [0.15, 0.2) is 0 Å². The molecule has 5 nitrogen and oxygen atoms in total. The number of aliphatic hydroxyl groups excluding tert-OH is 1. The van der Waals surface area contributed by atoms with Crippen molar-refractivity contribution < 1.29 is 23.5 Å². The van der Waals surface area contributed by atoms with E-state index < -0.39 is 13.2 Å². The molecule has 0 bridgehead atoms. The average molecular weight is 266 g/mol. The molecule has 1 N–H and O–H groups in total. The molecular formula is C11H23O5P. The van der Waals surface area contributed by atoms with Crippen LogP contribution in [0.1, 0.15) is 40.5 Å². The summed E-state index contributed by atoms with van der Waals surface area (Å²) in [6.45, 7) is 7.16. The van der Waals surface area contributed by atoms with Crippen LogP contribution in [0.15, 0.2) is 0 Å². The summed E-state index contributed by atoms with van der Waals surface area (Å²) in [4.78, 5) is 0. The fourth-order valence-electron chi connectivity index (χ4n) is 1.43. The monoisotopic (exact) mass is 266 g/mol. The van der Waals surface area contributed by atoms with Gasteiger partial charge in [0.25, 0.3) is 0 Å². The van der Waals surface area contributed by atoms with Gasteiger partial charge in [-0.2, -0.15) is 0 Å². The van der Waals surface area contributed by atoms with Crippen LogP contribution >= 0.6 is 7.60 Å². The van der Waals surface area contributed by atoms with Gasteiger partial charge in [-0.3, -0.25) is 4.57 Å². The molecule has 0 heterocycles. The van der Waals surface area contributed by atoms with Crippen LogP contribution in [0, 0.1) is 0 Å². The number of hydrogen-bond donors (Lipinski definition) is 1. The highest BCUT2D eigenvalue weighted by Crippen LogP contribution is 2.53. The first-order valence-corrected chi connectivity index (χ1v) is 7.74. The molecule has 0 spiro atoms. The van der Waals surface area contributed by atoms with Gasteiger partial charge >= 0.3 is 7.60 Å². The van der Waals surface area contributed by atoms with Gasteiger partial charge in [0, 0.05) is 0 Å². The highest BCUT2D eigenvalue weighted by atomic mass is 31.2.